The Labute approximate surface area is 187 Å². The molecule has 0 saturated carbocycles. The summed E-state index contributed by atoms with van der Waals surface area (Å²) in [6.45, 7) is 6.13. The highest BCUT2D eigenvalue weighted by atomic mass is 19.1. The summed E-state index contributed by atoms with van der Waals surface area (Å²) in [4.78, 5) is 18.1. The lowest BCUT2D eigenvalue weighted by molar-refractivity contribution is -0.132. The second kappa shape index (κ2) is 9.05. The Morgan fingerprint density at radius 2 is 2.16 bits per heavy atom. The van der Waals surface area contributed by atoms with Gasteiger partial charge in [0.2, 0.25) is 5.91 Å². The van der Waals surface area contributed by atoms with E-state index in [9.17, 15) is 14.4 Å². The number of amides is 1. The molecule has 1 aromatic heterocycles. The summed E-state index contributed by atoms with van der Waals surface area (Å²) in [5.41, 5.74) is 2.90. The number of nitrogens with zero attached hydrogens (tertiary/aromatic N) is 2. The molecule has 1 aliphatic rings. The number of carbonyl (C=O) groups excluding carboxylic acids is 1. The Morgan fingerprint density at radius 3 is 2.88 bits per heavy atom. The fourth-order valence-electron chi connectivity index (χ4n) is 4.64. The standard InChI is InChI=1S/C26H27FN4O/c1-3-30-25(32)26(2,20-9-10-29-16-20)14-24-22(18-6-4-5-17(11-18)15-28)12-19-7-8-21(27)13-23(19)31-24/h4-8,11-13,20,29H,3,9-10,14,16H2,1-2H3,(H,30,32). The van der Waals surface area contributed by atoms with Gasteiger partial charge in [0.25, 0.3) is 0 Å². The molecule has 164 valence electrons. The van der Waals surface area contributed by atoms with Crippen LogP contribution in [-0.2, 0) is 11.2 Å². The molecule has 2 atom stereocenters. The van der Waals surface area contributed by atoms with E-state index in [2.05, 4.69) is 16.7 Å². The smallest absolute Gasteiger partial charge is 0.226 e. The van der Waals surface area contributed by atoms with Crippen molar-refractivity contribution in [1.29, 1.82) is 5.26 Å². The lowest BCUT2D eigenvalue weighted by atomic mass is 9.71. The highest BCUT2D eigenvalue weighted by Gasteiger charge is 2.43. The normalized spacial score (nSPS) is 17.6. The number of hydrogen-bond donors (Lipinski definition) is 2. The van der Waals surface area contributed by atoms with E-state index in [4.69, 9.17) is 4.98 Å². The molecule has 5 nitrogen and oxygen atoms in total. The predicted octanol–water partition coefficient (Wildman–Crippen LogP) is 4.21. The molecule has 2 aromatic carbocycles. The molecule has 1 saturated heterocycles. The Hall–Kier alpha value is -3.30. The van der Waals surface area contributed by atoms with Crippen LogP contribution < -0.4 is 10.6 Å². The fraction of sp³-hybridized carbons (Fsp3) is 0.346. The lowest BCUT2D eigenvalue weighted by Gasteiger charge is -2.34. The van der Waals surface area contributed by atoms with Crippen LogP contribution in [0.2, 0.25) is 0 Å². The quantitative estimate of drug-likeness (QED) is 0.614. The lowest BCUT2D eigenvalue weighted by Crippen LogP contribution is -2.46. The number of fused-ring (bicyclic) bond motifs is 1. The molecule has 4 rings (SSSR count). The number of nitrogens with one attached hydrogen (secondary N) is 2. The van der Waals surface area contributed by atoms with Crippen molar-refractivity contribution in [3.63, 3.8) is 0 Å². The van der Waals surface area contributed by atoms with Gasteiger partial charge < -0.3 is 10.6 Å². The zero-order valence-corrected chi connectivity index (χ0v) is 18.4. The summed E-state index contributed by atoms with van der Waals surface area (Å²) in [6.07, 6.45) is 1.33. The average molecular weight is 431 g/mol. The number of hydrogen-bond acceptors (Lipinski definition) is 4. The SMILES string of the molecule is CCNC(=O)C(C)(Cc1nc2cc(F)ccc2cc1-c1cccc(C#N)c1)C1CCNC1. The average Bonchev–Trinajstić information content (AvgIpc) is 3.34. The molecule has 0 bridgehead atoms. The summed E-state index contributed by atoms with van der Waals surface area (Å²) in [5.74, 6) is -0.175. The number of benzene rings is 2. The Bertz CT molecular complexity index is 1200. The van der Waals surface area contributed by atoms with E-state index >= 15 is 0 Å². The maximum atomic E-state index is 14.0. The van der Waals surface area contributed by atoms with Crippen LogP contribution >= 0.6 is 0 Å². The van der Waals surface area contributed by atoms with Gasteiger partial charge in [0.15, 0.2) is 0 Å². The van der Waals surface area contributed by atoms with Crippen LogP contribution in [0.3, 0.4) is 0 Å². The van der Waals surface area contributed by atoms with Crippen molar-refractivity contribution < 1.29 is 9.18 Å². The van der Waals surface area contributed by atoms with Crippen LogP contribution in [0, 0.1) is 28.5 Å². The topological polar surface area (TPSA) is 77.8 Å². The van der Waals surface area contributed by atoms with Gasteiger partial charge in [-0.1, -0.05) is 19.1 Å². The molecule has 2 N–H and O–H groups in total. The number of halogens is 1. The van der Waals surface area contributed by atoms with Crippen molar-refractivity contribution in [2.45, 2.75) is 26.7 Å². The summed E-state index contributed by atoms with van der Waals surface area (Å²) >= 11 is 0. The predicted molar refractivity (Wildman–Crippen MR) is 123 cm³/mol. The minimum absolute atomic E-state index is 0.00608. The van der Waals surface area contributed by atoms with Gasteiger partial charge >= 0.3 is 0 Å². The van der Waals surface area contributed by atoms with Crippen molar-refractivity contribution in [2.75, 3.05) is 19.6 Å². The first-order chi connectivity index (χ1) is 15.4. The van der Waals surface area contributed by atoms with E-state index in [0.29, 0.717) is 24.0 Å². The van der Waals surface area contributed by atoms with Crippen LogP contribution in [0.25, 0.3) is 22.0 Å². The summed E-state index contributed by atoms with van der Waals surface area (Å²) in [7, 11) is 0. The molecule has 2 unspecified atom stereocenters. The van der Waals surface area contributed by atoms with E-state index in [1.165, 1.54) is 12.1 Å². The minimum atomic E-state index is -0.672. The van der Waals surface area contributed by atoms with Crippen molar-refractivity contribution in [2.24, 2.45) is 11.3 Å². The largest absolute Gasteiger partial charge is 0.356 e. The van der Waals surface area contributed by atoms with Gasteiger partial charge in [0.1, 0.15) is 5.82 Å². The van der Waals surface area contributed by atoms with E-state index in [1.807, 2.05) is 38.1 Å². The van der Waals surface area contributed by atoms with E-state index in [-0.39, 0.29) is 17.6 Å². The van der Waals surface area contributed by atoms with Gasteiger partial charge in [-0.3, -0.25) is 9.78 Å². The van der Waals surface area contributed by atoms with Crippen LogP contribution in [0.1, 0.15) is 31.5 Å². The zero-order chi connectivity index (χ0) is 22.7. The number of nitriles is 1. The van der Waals surface area contributed by atoms with Crippen LogP contribution in [0.4, 0.5) is 4.39 Å². The number of rotatable bonds is 6. The highest BCUT2D eigenvalue weighted by molar-refractivity contribution is 5.87. The molecular weight excluding hydrogens is 403 g/mol. The Balaban J connectivity index is 1.88. The summed E-state index contributed by atoms with van der Waals surface area (Å²) in [5, 5.41) is 16.6. The minimum Gasteiger partial charge on any atom is -0.356 e. The maximum Gasteiger partial charge on any atom is 0.226 e. The Kier molecular flexibility index (Phi) is 6.20. The third-order valence-corrected chi connectivity index (χ3v) is 6.51. The van der Waals surface area contributed by atoms with E-state index < -0.39 is 5.41 Å². The number of carbonyl (C=O) groups is 1. The van der Waals surface area contributed by atoms with E-state index in [1.54, 1.807) is 12.1 Å². The summed E-state index contributed by atoms with van der Waals surface area (Å²) in [6, 6.07) is 16.1. The molecule has 32 heavy (non-hydrogen) atoms. The first kappa shape index (κ1) is 21.9. The first-order valence-electron chi connectivity index (χ1n) is 11.0. The molecule has 1 fully saturated rings. The molecule has 0 spiro atoms. The van der Waals surface area contributed by atoms with Gasteiger partial charge in [0.05, 0.1) is 22.6 Å². The molecule has 1 amide bonds. The monoisotopic (exact) mass is 430 g/mol. The molecule has 2 heterocycles. The van der Waals surface area contributed by atoms with Crippen LogP contribution in [-0.4, -0.2) is 30.5 Å². The van der Waals surface area contributed by atoms with Gasteiger partial charge in [-0.15, -0.1) is 0 Å². The second-order valence-corrected chi connectivity index (χ2v) is 8.66. The second-order valence-electron chi connectivity index (χ2n) is 8.66. The van der Waals surface area contributed by atoms with Crippen LogP contribution in [0.15, 0.2) is 48.5 Å². The highest BCUT2D eigenvalue weighted by Crippen LogP contribution is 2.39. The summed E-state index contributed by atoms with van der Waals surface area (Å²) < 4.78 is 14.0. The van der Waals surface area contributed by atoms with E-state index in [0.717, 1.165) is 41.7 Å². The molecule has 3 aromatic rings. The Morgan fingerprint density at radius 1 is 1.31 bits per heavy atom. The van der Waals surface area contributed by atoms with Crippen molar-refractivity contribution >= 4 is 16.8 Å². The molecule has 0 radical (unpaired) electrons. The van der Waals surface area contributed by atoms with Crippen LogP contribution in [0.5, 0.6) is 0 Å². The molecule has 6 heteroatoms. The molecule has 1 aliphatic heterocycles. The fourth-order valence-corrected chi connectivity index (χ4v) is 4.64. The maximum absolute atomic E-state index is 14.0. The molecular formula is C26H27FN4O. The van der Waals surface area contributed by atoms with Crippen molar-refractivity contribution in [1.82, 2.24) is 15.6 Å². The van der Waals surface area contributed by atoms with Gasteiger partial charge in [0, 0.05) is 35.7 Å². The van der Waals surface area contributed by atoms with Gasteiger partial charge in [-0.2, -0.15) is 5.26 Å². The van der Waals surface area contributed by atoms with Gasteiger partial charge in [-0.25, -0.2) is 4.39 Å². The first-order valence-corrected chi connectivity index (χ1v) is 11.0. The zero-order valence-electron chi connectivity index (χ0n) is 18.4. The number of pyridine rings is 1. The third kappa shape index (κ3) is 4.21. The van der Waals surface area contributed by atoms with Crippen molar-refractivity contribution in [3.8, 4) is 17.2 Å². The van der Waals surface area contributed by atoms with Crippen molar-refractivity contribution in [3.05, 3.63) is 65.6 Å². The molecule has 0 aliphatic carbocycles. The van der Waals surface area contributed by atoms with Gasteiger partial charge in [-0.05, 0) is 68.2 Å². The number of aromatic nitrogens is 1. The third-order valence-electron chi connectivity index (χ3n) is 6.51.